The van der Waals surface area contributed by atoms with E-state index in [0.29, 0.717) is 22.2 Å². The minimum absolute atomic E-state index is 0.157. The van der Waals surface area contributed by atoms with Crippen molar-refractivity contribution in [2.75, 3.05) is 5.32 Å². The molecule has 0 aliphatic carbocycles. The maximum Gasteiger partial charge on any atom is 0.255 e. The fourth-order valence-corrected chi connectivity index (χ4v) is 4.09. The molecular weight excluding hydrogens is 408 g/mol. The smallest absolute Gasteiger partial charge is 0.255 e. The van der Waals surface area contributed by atoms with Gasteiger partial charge in [-0.25, -0.2) is 9.97 Å². The average Bonchev–Trinajstić information content (AvgIpc) is 3.48. The number of nitrogens with one attached hydrogen (secondary N) is 3. The second-order valence-corrected chi connectivity index (χ2v) is 7.84. The number of hydrogen-bond acceptors (Lipinski definition) is 5. The van der Waals surface area contributed by atoms with Gasteiger partial charge in [-0.05, 0) is 35.9 Å². The zero-order chi connectivity index (χ0) is 21.0. The van der Waals surface area contributed by atoms with Gasteiger partial charge in [0.2, 0.25) is 0 Å². The first-order valence-corrected chi connectivity index (χ1v) is 10.7. The lowest BCUT2D eigenvalue weighted by Crippen LogP contribution is -2.14. The number of thioether (sulfide) groups is 1. The lowest BCUT2D eigenvalue weighted by molar-refractivity contribution is 0.102. The molecule has 8 heteroatoms. The summed E-state index contributed by atoms with van der Waals surface area (Å²) in [5, 5.41) is 10.4. The van der Waals surface area contributed by atoms with Crippen LogP contribution in [0.25, 0.3) is 22.4 Å². The van der Waals surface area contributed by atoms with Gasteiger partial charge >= 0.3 is 0 Å². The number of rotatable bonds is 6. The van der Waals surface area contributed by atoms with E-state index in [0.717, 1.165) is 28.0 Å². The lowest BCUT2D eigenvalue weighted by atomic mass is 10.1. The summed E-state index contributed by atoms with van der Waals surface area (Å²) in [6.07, 6.45) is 1.47. The van der Waals surface area contributed by atoms with Gasteiger partial charge in [-0.1, -0.05) is 54.2 Å². The van der Waals surface area contributed by atoms with Gasteiger partial charge in [-0.3, -0.25) is 9.89 Å². The van der Waals surface area contributed by atoms with Crippen molar-refractivity contribution in [1.29, 1.82) is 0 Å². The number of benzene rings is 3. The van der Waals surface area contributed by atoms with Crippen molar-refractivity contribution in [3.05, 3.63) is 90.3 Å². The van der Waals surface area contributed by atoms with E-state index in [-0.39, 0.29) is 5.91 Å². The van der Waals surface area contributed by atoms with Crippen molar-refractivity contribution in [3.8, 4) is 11.4 Å². The molecule has 7 nitrogen and oxygen atoms in total. The van der Waals surface area contributed by atoms with Gasteiger partial charge in [0.1, 0.15) is 12.2 Å². The Hall–Kier alpha value is -3.91. The van der Waals surface area contributed by atoms with Crippen LogP contribution in [0.1, 0.15) is 15.9 Å². The van der Waals surface area contributed by atoms with Crippen LogP contribution >= 0.6 is 11.8 Å². The lowest BCUT2D eigenvalue weighted by Gasteiger charge is -2.10. The fraction of sp³-hybridized carbons (Fsp3) is 0.0435. The highest BCUT2D eigenvalue weighted by Crippen LogP contribution is 2.25. The number of hydrogen-bond donors (Lipinski definition) is 3. The molecule has 0 aliphatic heterocycles. The van der Waals surface area contributed by atoms with Crippen molar-refractivity contribution in [1.82, 2.24) is 25.1 Å². The number of amides is 1. The maximum atomic E-state index is 13.0. The average molecular weight is 427 g/mol. The molecule has 152 valence electrons. The van der Waals surface area contributed by atoms with E-state index in [2.05, 4.69) is 30.5 Å². The summed E-state index contributed by atoms with van der Waals surface area (Å²) >= 11 is 1.50. The van der Waals surface area contributed by atoms with E-state index >= 15 is 0 Å². The molecule has 5 rings (SSSR count). The number of para-hydroxylation sites is 2. The molecule has 3 aromatic carbocycles. The Bertz CT molecular complexity index is 1310. The Morgan fingerprint density at radius 3 is 2.74 bits per heavy atom. The van der Waals surface area contributed by atoms with Crippen LogP contribution in [0.15, 0.2) is 84.3 Å². The number of aromatic nitrogens is 5. The zero-order valence-corrected chi connectivity index (χ0v) is 17.2. The van der Waals surface area contributed by atoms with Crippen molar-refractivity contribution >= 4 is 34.4 Å². The Morgan fingerprint density at radius 1 is 1.00 bits per heavy atom. The van der Waals surface area contributed by atoms with E-state index in [9.17, 15) is 4.79 Å². The molecule has 0 radical (unpaired) electrons. The number of H-pyrrole nitrogens is 2. The Morgan fingerprint density at radius 2 is 1.87 bits per heavy atom. The number of carbonyl (C=O) groups is 1. The first-order valence-electron chi connectivity index (χ1n) is 9.69. The topological polar surface area (TPSA) is 99.3 Å². The molecule has 2 heterocycles. The third kappa shape index (κ3) is 4.19. The zero-order valence-electron chi connectivity index (χ0n) is 16.4. The first-order chi connectivity index (χ1) is 15.3. The van der Waals surface area contributed by atoms with Gasteiger partial charge in [0, 0.05) is 22.6 Å². The van der Waals surface area contributed by atoms with E-state index < -0.39 is 0 Å². The molecule has 3 N–H and O–H groups in total. The number of aromatic amines is 2. The van der Waals surface area contributed by atoms with E-state index in [1.165, 1.54) is 18.1 Å². The van der Waals surface area contributed by atoms with Gasteiger partial charge in [0.15, 0.2) is 5.16 Å². The SMILES string of the molecule is O=C(Nc1cccc(-c2nc3ccccc3[nH]2)c1)c1ccccc1CSc1ncn[nH]1. The van der Waals surface area contributed by atoms with E-state index in [4.69, 9.17) is 0 Å². The predicted octanol–water partition coefficient (Wildman–Crippen LogP) is 4.89. The van der Waals surface area contributed by atoms with Crippen molar-refractivity contribution in [3.63, 3.8) is 0 Å². The molecule has 0 fully saturated rings. The highest BCUT2D eigenvalue weighted by Gasteiger charge is 2.13. The van der Waals surface area contributed by atoms with E-state index in [1.807, 2.05) is 72.8 Å². The van der Waals surface area contributed by atoms with Crippen LogP contribution in [0.2, 0.25) is 0 Å². The molecule has 31 heavy (non-hydrogen) atoms. The number of nitrogens with zero attached hydrogens (tertiary/aromatic N) is 3. The van der Waals surface area contributed by atoms with Crippen LogP contribution in [0.5, 0.6) is 0 Å². The van der Waals surface area contributed by atoms with Gasteiger partial charge in [-0.2, -0.15) is 5.10 Å². The standard InChI is InChI=1S/C23H18N6OS/c30-22(18-9-2-1-6-16(18)13-31-23-24-14-25-29-23)26-17-8-5-7-15(12-17)21-27-19-10-3-4-11-20(19)28-21/h1-12,14H,13H2,(H,26,30)(H,27,28)(H,24,25,29). The fourth-order valence-electron chi connectivity index (χ4n) is 3.31. The number of carbonyl (C=O) groups excluding carboxylic acids is 1. The predicted molar refractivity (Wildman–Crippen MR) is 122 cm³/mol. The summed E-state index contributed by atoms with van der Waals surface area (Å²) < 4.78 is 0. The second-order valence-electron chi connectivity index (χ2n) is 6.87. The first kappa shape index (κ1) is 19.1. The highest BCUT2D eigenvalue weighted by atomic mass is 32.2. The molecule has 0 saturated heterocycles. The van der Waals surface area contributed by atoms with Gasteiger partial charge in [0.25, 0.3) is 5.91 Å². The Balaban J connectivity index is 1.36. The van der Waals surface area contributed by atoms with Crippen LogP contribution in [-0.4, -0.2) is 31.1 Å². The van der Waals surface area contributed by atoms with Crippen molar-refractivity contribution < 1.29 is 4.79 Å². The minimum Gasteiger partial charge on any atom is -0.338 e. The monoisotopic (exact) mass is 426 g/mol. The van der Waals surface area contributed by atoms with Gasteiger partial charge < -0.3 is 10.3 Å². The molecular formula is C23H18N6OS. The largest absolute Gasteiger partial charge is 0.338 e. The third-order valence-electron chi connectivity index (χ3n) is 4.80. The van der Waals surface area contributed by atoms with Crippen LogP contribution < -0.4 is 5.32 Å². The molecule has 2 aromatic heterocycles. The molecule has 1 amide bonds. The molecule has 0 aliphatic rings. The van der Waals surface area contributed by atoms with Crippen LogP contribution in [0.4, 0.5) is 5.69 Å². The van der Waals surface area contributed by atoms with Gasteiger partial charge in [0.05, 0.1) is 11.0 Å². The Labute approximate surface area is 182 Å². The number of fused-ring (bicyclic) bond motifs is 1. The molecule has 5 aromatic rings. The summed E-state index contributed by atoms with van der Waals surface area (Å²) in [7, 11) is 0. The molecule has 0 saturated carbocycles. The second kappa shape index (κ2) is 8.45. The molecule has 0 bridgehead atoms. The summed E-state index contributed by atoms with van der Waals surface area (Å²) in [6, 6.07) is 23.1. The third-order valence-corrected chi connectivity index (χ3v) is 5.73. The van der Waals surface area contributed by atoms with Gasteiger partial charge in [-0.15, -0.1) is 0 Å². The normalized spacial score (nSPS) is 11.0. The number of imidazole rings is 1. The highest BCUT2D eigenvalue weighted by molar-refractivity contribution is 7.98. The summed E-state index contributed by atoms with van der Waals surface area (Å²) in [6.45, 7) is 0. The summed E-state index contributed by atoms with van der Waals surface area (Å²) in [4.78, 5) is 25.1. The van der Waals surface area contributed by atoms with Crippen molar-refractivity contribution in [2.24, 2.45) is 0 Å². The summed E-state index contributed by atoms with van der Waals surface area (Å²) in [5.74, 6) is 1.22. The minimum atomic E-state index is -0.157. The van der Waals surface area contributed by atoms with E-state index in [1.54, 1.807) is 0 Å². The van der Waals surface area contributed by atoms with Crippen LogP contribution in [-0.2, 0) is 5.75 Å². The summed E-state index contributed by atoms with van der Waals surface area (Å²) in [5.41, 5.74) is 5.05. The maximum absolute atomic E-state index is 13.0. The quantitative estimate of drug-likeness (QED) is 0.336. The Kier molecular flexibility index (Phi) is 5.20. The number of anilines is 1. The van der Waals surface area contributed by atoms with Crippen LogP contribution in [0.3, 0.4) is 0 Å². The molecule has 0 unspecified atom stereocenters. The molecule has 0 atom stereocenters. The van der Waals surface area contributed by atoms with Crippen LogP contribution in [0, 0.1) is 0 Å². The van der Waals surface area contributed by atoms with Crippen molar-refractivity contribution in [2.45, 2.75) is 10.9 Å². The molecule has 0 spiro atoms.